The monoisotopic (exact) mass is 564 g/mol. The van der Waals surface area contributed by atoms with E-state index in [4.69, 9.17) is 20.2 Å². The lowest BCUT2D eigenvalue weighted by Crippen LogP contribution is -2.02. The zero-order valence-corrected chi connectivity index (χ0v) is 22.4. The van der Waals surface area contributed by atoms with Crippen LogP contribution in [0.25, 0.3) is 43.9 Å². The van der Waals surface area contributed by atoms with Gasteiger partial charge in [-0.3, -0.25) is 0 Å². The zero-order valence-electron chi connectivity index (χ0n) is 19.2. The van der Waals surface area contributed by atoms with Crippen molar-refractivity contribution in [3.05, 3.63) is 64.7 Å². The normalized spacial score (nSPS) is 11.1. The van der Waals surface area contributed by atoms with Gasteiger partial charge < -0.3 is 15.2 Å². The van der Waals surface area contributed by atoms with Crippen LogP contribution in [0.5, 0.6) is 11.5 Å². The van der Waals surface area contributed by atoms with Gasteiger partial charge in [0, 0.05) is 36.3 Å². The Balaban J connectivity index is 1.94. The van der Waals surface area contributed by atoms with Gasteiger partial charge in [0.25, 0.3) is 0 Å². The van der Waals surface area contributed by atoms with Crippen LogP contribution in [0.3, 0.4) is 0 Å². The third-order valence-corrected chi connectivity index (χ3v) is 8.11. The summed E-state index contributed by atoms with van der Waals surface area (Å²) < 4.78 is 12.1. The molecule has 0 saturated carbocycles. The summed E-state index contributed by atoms with van der Waals surface area (Å²) in [7, 11) is 3.26. The highest BCUT2D eigenvalue weighted by Gasteiger charge is 2.24. The SMILES string of the molecule is COc1ccc(-c2c(-c3ccc(SC)cc3)nc3ncnc(N)c3c2-c2cc(Br)cs2)cc1OC. The highest BCUT2D eigenvalue weighted by Crippen LogP contribution is 2.47. The van der Waals surface area contributed by atoms with Crippen LogP contribution in [0.1, 0.15) is 0 Å². The van der Waals surface area contributed by atoms with E-state index >= 15 is 0 Å². The van der Waals surface area contributed by atoms with Crippen molar-refractivity contribution in [1.29, 1.82) is 0 Å². The number of nitrogen functional groups attached to an aromatic ring is 1. The largest absolute Gasteiger partial charge is 0.493 e. The lowest BCUT2D eigenvalue weighted by Gasteiger charge is -2.19. The molecule has 0 aliphatic carbocycles. The first-order chi connectivity index (χ1) is 17.0. The number of halogens is 1. The number of fused-ring (bicyclic) bond motifs is 1. The third kappa shape index (κ3) is 4.35. The number of nitrogens with two attached hydrogens (primary N) is 1. The van der Waals surface area contributed by atoms with Gasteiger partial charge in [0.05, 0.1) is 25.3 Å². The Bertz CT molecular complexity index is 1540. The maximum absolute atomic E-state index is 6.43. The number of methoxy groups -OCH3 is 2. The number of rotatable bonds is 6. The number of ether oxygens (including phenoxy) is 2. The fourth-order valence-corrected chi connectivity index (χ4v) is 5.93. The number of nitrogens with zero attached hydrogens (tertiary/aromatic N) is 3. The molecule has 0 spiro atoms. The summed E-state index contributed by atoms with van der Waals surface area (Å²) in [5, 5.41) is 2.77. The van der Waals surface area contributed by atoms with E-state index in [2.05, 4.69) is 62.5 Å². The van der Waals surface area contributed by atoms with Gasteiger partial charge in [-0.05, 0) is 58.1 Å². The fourth-order valence-electron chi connectivity index (χ4n) is 4.04. The quantitative estimate of drug-likeness (QED) is 0.219. The van der Waals surface area contributed by atoms with Gasteiger partial charge in [0.2, 0.25) is 0 Å². The molecule has 0 radical (unpaired) electrons. The fraction of sp³-hybridized carbons (Fsp3) is 0.115. The van der Waals surface area contributed by atoms with Gasteiger partial charge in [0.1, 0.15) is 12.1 Å². The molecule has 2 N–H and O–H groups in total. The Morgan fingerprint density at radius 2 is 1.66 bits per heavy atom. The van der Waals surface area contributed by atoms with Gasteiger partial charge in [-0.2, -0.15) is 0 Å². The summed E-state index contributed by atoms with van der Waals surface area (Å²) in [6, 6.07) is 16.3. The summed E-state index contributed by atoms with van der Waals surface area (Å²) in [6.07, 6.45) is 3.51. The van der Waals surface area contributed by atoms with Crippen molar-refractivity contribution in [3.63, 3.8) is 0 Å². The molecule has 5 rings (SSSR count). The Labute approximate surface area is 219 Å². The molecule has 2 aromatic carbocycles. The number of anilines is 1. The maximum Gasteiger partial charge on any atom is 0.165 e. The minimum absolute atomic E-state index is 0.382. The molecule has 0 aliphatic heterocycles. The van der Waals surface area contributed by atoms with Crippen LogP contribution in [0.15, 0.2) is 69.6 Å². The molecule has 0 aliphatic rings. The van der Waals surface area contributed by atoms with Gasteiger partial charge in [-0.25, -0.2) is 15.0 Å². The van der Waals surface area contributed by atoms with Crippen LogP contribution >= 0.6 is 39.0 Å². The number of thioether (sulfide) groups is 1. The molecule has 35 heavy (non-hydrogen) atoms. The molecule has 0 unspecified atom stereocenters. The van der Waals surface area contributed by atoms with Crippen molar-refractivity contribution in [2.45, 2.75) is 4.90 Å². The van der Waals surface area contributed by atoms with Crippen molar-refractivity contribution < 1.29 is 9.47 Å². The number of pyridine rings is 1. The molecule has 9 heteroatoms. The lowest BCUT2D eigenvalue weighted by molar-refractivity contribution is 0.355. The van der Waals surface area contributed by atoms with Crippen molar-refractivity contribution in [2.24, 2.45) is 0 Å². The van der Waals surface area contributed by atoms with E-state index in [0.717, 1.165) is 42.7 Å². The molecule has 0 amide bonds. The lowest BCUT2D eigenvalue weighted by atomic mass is 9.91. The maximum atomic E-state index is 6.43. The minimum Gasteiger partial charge on any atom is -0.493 e. The molecule has 3 heterocycles. The molecule has 176 valence electrons. The van der Waals surface area contributed by atoms with Crippen LogP contribution in [0, 0.1) is 0 Å². The summed E-state index contributed by atoms with van der Waals surface area (Å²) in [4.78, 5) is 16.0. The van der Waals surface area contributed by atoms with Crippen LogP contribution in [0.4, 0.5) is 5.82 Å². The molecular weight excluding hydrogens is 544 g/mol. The number of aromatic nitrogens is 3. The van der Waals surface area contributed by atoms with Crippen molar-refractivity contribution in [2.75, 3.05) is 26.2 Å². The highest BCUT2D eigenvalue weighted by molar-refractivity contribution is 9.10. The topological polar surface area (TPSA) is 83.2 Å². The van der Waals surface area contributed by atoms with E-state index in [1.54, 1.807) is 37.3 Å². The average Bonchev–Trinajstić information content (AvgIpc) is 3.33. The van der Waals surface area contributed by atoms with Crippen molar-refractivity contribution in [1.82, 2.24) is 15.0 Å². The van der Waals surface area contributed by atoms with E-state index in [1.807, 2.05) is 23.6 Å². The highest BCUT2D eigenvalue weighted by atomic mass is 79.9. The Morgan fingerprint density at radius 3 is 2.31 bits per heavy atom. The average molecular weight is 566 g/mol. The van der Waals surface area contributed by atoms with Gasteiger partial charge >= 0.3 is 0 Å². The molecule has 3 aromatic heterocycles. The van der Waals surface area contributed by atoms with Crippen LogP contribution in [-0.4, -0.2) is 35.4 Å². The first-order valence-electron chi connectivity index (χ1n) is 10.6. The minimum atomic E-state index is 0.382. The van der Waals surface area contributed by atoms with Crippen LogP contribution in [-0.2, 0) is 0 Å². The first kappa shape index (κ1) is 23.6. The third-order valence-electron chi connectivity index (χ3n) is 5.66. The predicted octanol–water partition coefficient (Wildman–Crippen LogP) is 7.17. The molecule has 5 aromatic rings. The zero-order chi connectivity index (χ0) is 24.5. The smallest absolute Gasteiger partial charge is 0.165 e. The summed E-state index contributed by atoms with van der Waals surface area (Å²) in [5.41, 5.74) is 11.5. The molecule has 0 bridgehead atoms. The number of benzene rings is 2. The van der Waals surface area contributed by atoms with Crippen molar-refractivity contribution in [3.8, 4) is 44.3 Å². The van der Waals surface area contributed by atoms with Gasteiger partial charge in [-0.1, -0.05) is 18.2 Å². The Hall–Kier alpha value is -3.14. The summed E-state index contributed by atoms with van der Waals surface area (Å²) >= 11 is 6.92. The molecular formula is C26H21BrN4O2S2. The van der Waals surface area contributed by atoms with E-state index in [0.29, 0.717) is 23.0 Å². The van der Waals surface area contributed by atoms with Crippen LogP contribution in [0.2, 0.25) is 0 Å². The molecule has 0 atom stereocenters. The Morgan fingerprint density at radius 1 is 0.914 bits per heavy atom. The molecule has 0 saturated heterocycles. The van der Waals surface area contributed by atoms with E-state index < -0.39 is 0 Å². The second-order valence-corrected chi connectivity index (χ2v) is 10.3. The second kappa shape index (κ2) is 9.85. The second-order valence-electron chi connectivity index (χ2n) is 7.60. The predicted molar refractivity (Wildman–Crippen MR) is 149 cm³/mol. The van der Waals surface area contributed by atoms with Gasteiger partial charge in [-0.15, -0.1) is 23.1 Å². The van der Waals surface area contributed by atoms with E-state index in [9.17, 15) is 0 Å². The number of thiophene rings is 1. The number of hydrogen-bond acceptors (Lipinski definition) is 8. The Kier molecular flexibility index (Phi) is 6.64. The van der Waals surface area contributed by atoms with Crippen molar-refractivity contribution >= 4 is 55.9 Å². The van der Waals surface area contributed by atoms with E-state index in [1.165, 1.54) is 11.2 Å². The number of hydrogen-bond donors (Lipinski definition) is 1. The van der Waals surface area contributed by atoms with Crippen LogP contribution < -0.4 is 15.2 Å². The summed E-state index contributed by atoms with van der Waals surface area (Å²) in [6.45, 7) is 0. The standard InChI is InChI=1S/C26H21BrN4O2S2/c1-32-18-9-6-15(10-19(18)33-2)21-22(20-11-16(27)12-35-20)23-25(28)29-13-30-26(23)31-24(21)14-4-7-17(34-3)8-5-14/h4-13H,1-3H3,(H2,28,29,30,31). The molecule has 6 nitrogen and oxygen atoms in total. The summed E-state index contributed by atoms with van der Waals surface area (Å²) in [5.74, 6) is 1.66. The molecule has 0 fully saturated rings. The van der Waals surface area contributed by atoms with E-state index in [-0.39, 0.29) is 0 Å². The first-order valence-corrected chi connectivity index (χ1v) is 13.5. The van der Waals surface area contributed by atoms with Gasteiger partial charge in [0.15, 0.2) is 17.1 Å².